The third-order valence-corrected chi connectivity index (χ3v) is 1.80. The number of carbonyl (C=O) groups excluding carboxylic acids is 1. The third-order valence-electron chi connectivity index (χ3n) is 1.80. The largest absolute Gasteiger partial charge is 0.508 e. The van der Waals surface area contributed by atoms with Gasteiger partial charge in [-0.1, -0.05) is 12.1 Å². The fraction of sp³-hybridized carbons (Fsp3) is 0.182. The topological polar surface area (TPSA) is 55.8 Å². The zero-order chi connectivity index (χ0) is 11.3. The maximum atomic E-state index is 11.4. The summed E-state index contributed by atoms with van der Waals surface area (Å²) in [7, 11) is 2.72. The van der Waals surface area contributed by atoms with Crippen LogP contribution in [0.1, 0.15) is 5.56 Å². The van der Waals surface area contributed by atoms with E-state index in [1.54, 1.807) is 12.1 Å². The average Bonchev–Trinajstić information content (AvgIpc) is 2.25. The van der Waals surface area contributed by atoms with E-state index >= 15 is 0 Å². The van der Waals surface area contributed by atoms with Crippen molar-refractivity contribution in [2.75, 3.05) is 14.2 Å². The molecule has 0 spiro atoms. The van der Waals surface area contributed by atoms with Crippen LogP contribution in [0.3, 0.4) is 0 Å². The summed E-state index contributed by atoms with van der Waals surface area (Å²) in [4.78, 5) is 11.4. The van der Waals surface area contributed by atoms with Gasteiger partial charge in [-0.15, -0.1) is 0 Å². The van der Waals surface area contributed by atoms with Crippen LogP contribution in [0.15, 0.2) is 30.5 Å². The van der Waals surface area contributed by atoms with E-state index in [1.165, 1.54) is 32.6 Å². The quantitative estimate of drug-likeness (QED) is 0.465. The molecule has 0 aliphatic carbocycles. The molecule has 4 nitrogen and oxygen atoms in total. The number of hydrogen-bond acceptors (Lipinski definition) is 4. The molecule has 0 aliphatic heterocycles. The highest BCUT2D eigenvalue weighted by Gasteiger charge is 2.12. The zero-order valence-corrected chi connectivity index (χ0v) is 8.56. The molecular weight excluding hydrogens is 196 g/mol. The minimum Gasteiger partial charge on any atom is -0.508 e. The minimum absolute atomic E-state index is 0.0819. The fourth-order valence-corrected chi connectivity index (χ4v) is 1.14. The number of aromatic hydroxyl groups is 1. The standard InChI is InChI=1S/C11H12O4/c1-14-7-10(11(13)15-2)8-4-3-5-9(12)6-8/h3-7,12H,1-2H3. The van der Waals surface area contributed by atoms with Crippen molar-refractivity contribution in [2.45, 2.75) is 0 Å². The summed E-state index contributed by atoms with van der Waals surface area (Å²) in [5.41, 5.74) is 0.805. The molecule has 0 saturated heterocycles. The van der Waals surface area contributed by atoms with Gasteiger partial charge in [0, 0.05) is 0 Å². The van der Waals surface area contributed by atoms with Crippen molar-refractivity contribution in [2.24, 2.45) is 0 Å². The Morgan fingerprint density at radius 2 is 2.13 bits per heavy atom. The monoisotopic (exact) mass is 208 g/mol. The van der Waals surface area contributed by atoms with Crippen LogP contribution >= 0.6 is 0 Å². The van der Waals surface area contributed by atoms with E-state index in [0.29, 0.717) is 5.56 Å². The van der Waals surface area contributed by atoms with Gasteiger partial charge in [0.05, 0.1) is 20.5 Å². The van der Waals surface area contributed by atoms with E-state index in [0.717, 1.165) is 0 Å². The van der Waals surface area contributed by atoms with Gasteiger partial charge in [-0.25, -0.2) is 4.79 Å². The van der Waals surface area contributed by atoms with Crippen LogP contribution in [0.2, 0.25) is 0 Å². The first kappa shape index (κ1) is 11.1. The first-order valence-corrected chi connectivity index (χ1v) is 4.29. The molecule has 1 aromatic carbocycles. The number of hydrogen-bond donors (Lipinski definition) is 1. The predicted octanol–water partition coefficient (Wildman–Crippen LogP) is 1.55. The molecule has 0 saturated carbocycles. The Hall–Kier alpha value is -1.97. The minimum atomic E-state index is -0.512. The van der Waals surface area contributed by atoms with Gasteiger partial charge in [0.1, 0.15) is 11.3 Å². The van der Waals surface area contributed by atoms with Crippen LogP contribution < -0.4 is 0 Å². The summed E-state index contributed by atoms with van der Waals surface area (Å²) in [6.07, 6.45) is 1.28. The van der Waals surface area contributed by atoms with Crippen molar-refractivity contribution in [3.8, 4) is 5.75 Å². The number of benzene rings is 1. The molecule has 1 aromatic rings. The maximum Gasteiger partial charge on any atom is 0.341 e. The van der Waals surface area contributed by atoms with Crippen LogP contribution in [0.4, 0.5) is 0 Å². The molecule has 15 heavy (non-hydrogen) atoms. The van der Waals surface area contributed by atoms with Crippen molar-refractivity contribution >= 4 is 11.5 Å². The SMILES string of the molecule is COC=C(C(=O)OC)c1cccc(O)c1. The maximum absolute atomic E-state index is 11.4. The number of phenols is 1. The first-order chi connectivity index (χ1) is 7.19. The van der Waals surface area contributed by atoms with Crippen LogP contribution in [-0.4, -0.2) is 25.3 Å². The van der Waals surface area contributed by atoms with Gasteiger partial charge in [0.2, 0.25) is 0 Å². The Morgan fingerprint density at radius 1 is 1.40 bits per heavy atom. The smallest absolute Gasteiger partial charge is 0.341 e. The number of phenolic OH excluding ortho intramolecular Hbond substituents is 1. The van der Waals surface area contributed by atoms with Gasteiger partial charge in [-0.2, -0.15) is 0 Å². The van der Waals surface area contributed by atoms with Gasteiger partial charge in [0.25, 0.3) is 0 Å². The highest BCUT2D eigenvalue weighted by atomic mass is 16.5. The molecule has 80 valence electrons. The molecule has 0 unspecified atom stereocenters. The number of methoxy groups -OCH3 is 2. The van der Waals surface area contributed by atoms with E-state index in [-0.39, 0.29) is 11.3 Å². The summed E-state index contributed by atoms with van der Waals surface area (Å²) < 4.78 is 9.37. The fourth-order valence-electron chi connectivity index (χ4n) is 1.14. The zero-order valence-electron chi connectivity index (χ0n) is 8.56. The number of rotatable bonds is 3. The van der Waals surface area contributed by atoms with Crippen molar-refractivity contribution in [1.82, 2.24) is 0 Å². The second kappa shape index (κ2) is 5.05. The van der Waals surface area contributed by atoms with E-state index in [1.807, 2.05) is 0 Å². The Kier molecular flexibility index (Phi) is 3.74. The van der Waals surface area contributed by atoms with E-state index in [4.69, 9.17) is 4.74 Å². The van der Waals surface area contributed by atoms with Gasteiger partial charge in [0.15, 0.2) is 0 Å². The van der Waals surface area contributed by atoms with E-state index in [2.05, 4.69) is 4.74 Å². The summed E-state index contributed by atoms with van der Waals surface area (Å²) in [6.45, 7) is 0. The summed E-state index contributed by atoms with van der Waals surface area (Å²) in [5, 5.41) is 9.26. The second-order valence-corrected chi connectivity index (χ2v) is 2.81. The molecule has 0 aromatic heterocycles. The van der Waals surface area contributed by atoms with Crippen LogP contribution in [0.25, 0.3) is 5.57 Å². The molecule has 0 aliphatic rings. The Morgan fingerprint density at radius 3 is 2.67 bits per heavy atom. The van der Waals surface area contributed by atoms with Gasteiger partial charge < -0.3 is 14.6 Å². The lowest BCUT2D eigenvalue weighted by Crippen LogP contribution is -2.04. The third kappa shape index (κ3) is 2.74. The van der Waals surface area contributed by atoms with Crippen molar-refractivity contribution < 1.29 is 19.4 Å². The summed E-state index contributed by atoms with van der Waals surface area (Å²) >= 11 is 0. The van der Waals surface area contributed by atoms with Gasteiger partial charge in [-0.05, 0) is 17.7 Å². The van der Waals surface area contributed by atoms with Crippen LogP contribution in [0.5, 0.6) is 5.75 Å². The Balaban J connectivity index is 3.10. The number of ether oxygens (including phenoxy) is 2. The molecule has 0 bridgehead atoms. The molecule has 0 amide bonds. The van der Waals surface area contributed by atoms with Crippen molar-refractivity contribution in [3.05, 3.63) is 36.1 Å². The highest BCUT2D eigenvalue weighted by Crippen LogP contribution is 2.20. The van der Waals surface area contributed by atoms with Crippen molar-refractivity contribution in [3.63, 3.8) is 0 Å². The lowest BCUT2D eigenvalue weighted by molar-refractivity contribution is -0.133. The first-order valence-electron chi connectivity index (χ1n) is 4.29. The van der Waals surface area contributed by atoms with Gasteiger partial charge in [-0.3, -0.25) is 0 Å². The van der Waals surface area contributed by atoms with Crippen LogP contribution in [0, 0.1) is 0 Å². The molecule has 1 rings (SSSR count). The van der Waals surface area contributed by atoms with E-state index in [9.17, 15) is 9.90 Å². The summed E-state index contributed by atoms with van der Waals surface area (Å²) in [5.74, 6) is -0.430. The molecule has 1 N–H and O–H groups in total. The van der Waals surface area contributed by atoms with E-state index < -0.39 is 5.97 Å². The molecule has 0 heterocycles. The van der Waals surface area contributed by atoms with Gasteiger partial charge >= 0.3 is 5.97 Å². The summed E-state index contributed by atoms with van der Waals surface area (Å²) in [6, 6.07) is 6.30. The van der Waals surface area contributed by atoms with Crippen molar-refractivity contribution in [1.29, 1.82) is 0 Å². The normalized spacial score (nSPS) is 10.9. The molecule has 4 heteroatoms. The second-order valence-electron chi connectivity index (χ2n) is 2.81. The number of carbonyl (C=O) groups is 1. The molecule has 0 fully saturated rings. The lowest BCUT2D eigenvalue weighted by atomic mass is 10.1. The lowest BCUT2D eigenvalue weighted by Gasteiger charge is -2.05. The van der Waals surface area contributed by atoms with Crippen LogP contribution in [-0.2, 0) is 14.3 Å². The molecule has 0 atom stereocenters. The predicted molar refractivity (Wildman–Crippen MR) is 55.1 cm³/mol. The number of esters is 1. The Bertz CT molecular complexity index is 382. The molecular formula is C11H12O4. The molecule has 0 radical (unpaired) electrons. The average molecular weight is 208 g/mol. The Labute approximate surface area is 87.7 Å². The highest BCUT2D eigenvalue weighted by molar-refractivity contribution is 6.16.